The first-order valence-electron chi connectivity index (χ1n) is 5.83. The summed E-state index contributed by atoms with van der Waals surface area (Å²) in [5.41, 5.74) is 2.43. The summed E-state index contributed by atoms with van der Waals surface area (Å²) in [5.74, 6) is 4.19. The maximum absolute atomic E-state index is 12.8. The van der Waals surface area contributed by atoms with Crippen LogP contribution in [0.5, 0.6) is 0 Å². The average molecular weight is 290 g/mol. The molecule has 1 amide bonds. The van der Waals surface area contributed by atoms with Gasteiger partial charge in [-0.3, -0.25) is 20.8 Å². The monoisotopic (exact) mass is 290 g/mol. The molecule has 2 aromatic carbocycles. The number of nitro benzene ring substituents is 1. The van der Waals surface area contributed by atoms with Gasteiger partial charge in [0.2, 0.25) is 0 Å². The first-order valence-corrected chi connectivity index (χ1v) is 5.83. The summed E-state index contributed by atoms with van der Waals surface area (Å²) in [6, 6.07) is 8.99. The molecule has 2 aromatic rings. The van der Waals surface area contributed by atoms with Crippen molar-refractivity contribution in [2.24, 2.45) is 5.84 Å². The van der Waals surface area contributed by atoms with E-state index in [0.717, 1.165) is 6.07 Å². The van der Waals surface area contributed by atoms with Gasteiger partial charge in [-0.1, -0.05) is 0 Å². The number of nitrogen functional groups attached to an aromatic ring is 1. The zero-order valence-corrected chi connectivity index (χ0v) is 10.7. The van der Waals surface area contributed by atoms with Gasteiger partial charge in [-0.05, 0) is 36.4 Å². The normalized spacial score (nSPS) is 10.0. The molecule has 0 saturated carbocycles. The van der Waals surface area contributed by atoms with Crippen LogP contribution in [0, 0.1) is 15.9 Å². The Morgan fingerprint density at radius 3 is 2.43 bits per heavy atom. The summed E-state index contributed by atoms with van der Waals surface area (Å²) in [7, 11) is 0. The highest BCUT2D eigenvalue weighted by Gasteiger charge is 2.17. The summed E-state index contributed by atoms with van der Waals surface area (Å²) < 4.78 is 12.8. The van der Waals surface area contributed by atoms with E-state index >= 15 is 0 Å². The lowest BCUT2D eigenvalue weighted by Crippen LogP contribution is -2.14. The molecule has 0 aromatic heterocycles. The fraction of sp³-hybridized carbons (Fsp3) is 0. The summed E-state index contributed by atoms with van der Waals surface area (Å²) in [6.07, 6.45) is 0. The molecule has 0 saturated heterocycles. The molecule has 0 atom stereocenters. The molecule has 0 unspecified atom stereocenters. The van der Waals surface area contributed by atoms with E-state index < -0.39 is 16.6 Å². The van der Waals surface area contributed by atoms with E-state index in [4.69, 9.17) is 5.84 Å². The van der Waals surface area contributed by atoms with Crippen molar-refractivity contribution in [3.63, 3.8) is 0 Å². The quantitative estimate of drug-likeness (QED) is 0.454. The highest BCUT2D eigenvalue weighted by Crippen LogP contribution is 2.25. The van der Waals surface area contributed by atoms with Crippen molar-refractivity contribution in [1.82, 2.24) is 0 Å². The van der Waals surface area contributed by atoms with Gasteiger partial charge in [0.25, 0.3) is 11.6 Å². The van der Waals surface area contributed by atoms with Crippen LogP contribution in [-0.4, -0.2) is 10.8 Å². The number of hydrazine groups is 1. The van der Waals surface area contributed by atoms with Gasteiger partial charge in [-0.15, -0.1) is 0 Å². The SMILES string of the molecule is NNc1ccc(C(=O)Nc2ccc(F)cc2)cc1[N+](=O)[O-]. The molecular formula is C13H11FN4O3. The van der Waals surface area contributed by atoms with Gasteiger partial charge in [0.1, 0.15) is 11.5 Å². The van der Waals surface area contributed by atoms with E-state index in [-0.39, 0.29) is 16.9 Å². The van der Waals surface area contributed by atoms with Crippen molar-refractivity contribution in [2.45, 2.75) is 0 Å². The molecule has 108 valence electrons. The van der Waals surface area contributed by atoms with Crippen LogP contribution < -0.4 is 16.6 Å². The lowest BCUT2D eigenvalue weighted by atomic mass is 10.1. The third-order valence-electron chi connectivity index (χ3n) is 2.71. The Labute approximate surface area is 118 Å². The summed E-state index contributed by atoms with van der Waals surface area (Å²) >= 11 is 0. The van der Waals surface area contributed by atoms with Gasteiger partial charge in [0.05, 0.1) is 4.92 Å². The number of anilines is 2. The second kappa shape index (κ2) is 5.97. The first-order chi connectivity index (χ1) is 10.0. The smallest absolute Gasteiger partial charge is 0.294 e. The lowest BCUT2D eigenvalue weighted by molar-refractivity contribution is -0.384. The number of halogens is 1. The number of nitrogens with two attached hydrogens (primary N) is 1. The predicted molar refractivity (Wildman–Crippen MR) is 75.3 cm³/mol. The molecule has 8 heteroatoms. The van der Waals surface area contributed by atoms with E-state index in [0.29, 0.717) is 5.69 Å². The van der Waals surface area contributed by atoms with Gasteiger partial charge in [-0.25, -0.2) is 4.39 Å². The Kier molecular flexibility index (Phi) is 4.10. The van der Waals surface area contributed by atoms with Crippen LogP contribution in [0.15, 0.2) is 42.5 Å². The van der Waals surface area contributed by atoms with Gasteiger partial charge in [-0.2, -0.15) is 0 Å². The zero-order valence-electron chi connectivity index (χ0n) is 10.7. The number of carbonyl (C=O) groups is 1. The third kappa shape index (κ3) is 3.31. The number of nitro groups is 1. The largest absolute Gasteiger partial charge is 0.322 e. The topological polar surface area (TPSA) is 110 Å². The Morgan fingerprint density at radius 2 is 1.86 bits per heavy atom. The van der Waals surface area contributed by atoms with E-state index in [2.05, 4.69) is 10.7 Å². The van der Waals surface area contributed by atoms with Crippen molar-refractivity contribution >= 4 is 23.0 Å². The van der Waals surface area contributed by atoms with E-state index in [1.807, 2.05) is 0 Å². The maximum atomic E-state index is 12.8. The van der Waals surface area contributed by atoms with E-state index in [1.54, 1.807) is 0 Å². The summed E-state index contributed by atoms with van der Waals surface area (Å²) in [5, 5.41) is 13.4. The second-order valence-electron chi connectivity index (χ2n) is 4.09. The molecule has 2 rings (SSSR count). The molecule has 0 fully saturated rings. The Hall–Kier alpha value is -3.00. The summed E-state index contributed by atoms with van der Waals surface area (Å²) in [6.45, 7) is 0. The number of amides is 1. The molecule has 0 spiro atoms. The van der Waals surface area contributed by atoms with Crippen molar-refractivity contribution in [3.8, 4) is 0 Å². The number of hydrogen-bond donors (Lipinski definition) is 3. The molecule has 0 bridgehead atoms. The number of rotatable bonds is 4. The molecule has 0 aliphatic heterocycles. The van der Waals surface area contributed by atoms with Crippen LogP contribution >= 0.6 is 0 Å². The molecular weight excluding hydrogens is 279 g/mol. The number of benzene rings is 2. The number of nitrogens with one attached hydrogen (secondary N) is 2. The van der Waals surface area contributed by atoms with Gasteiger partial charge < -0.3 is 10.7 Å². The van der Waals surface area contributed by atoms with Gasteiger partial charge >= 0.3 is 0 Å². The fourth-order valence-electron chi connectivity index (χ4n) is 1.68. The summed E-state index contributed by atoms with van der Waals surface area (Å²) in [4.78, 5) is 22.2. The van der Waals surface area contributed by atoms with Gasteiger partial charge in [0.15, 0.2) is 0 Å². The Balaban J connectivity index is 2.25. The number of nitrogens with zero attached hydrogens (tertiary/aromatic N) is 1. The minimum absolute atomic E-state index is 0.0880. The fourth-order valence-corrected chi connectivity index (χ4v) is 1.68. The number of hydrogen-bond acceptors (Lipinski definition) is 5. The lowest BCUT2D eigenvalue weighted by Gasteiger charge is -2.07. The molecule has 4 N–H and O–H groups in total. The molecule has 7 nitrogen and oxygen atoms in total. The highest BCUT2D eigenvalue weighted by molar-refractivity contribution is 6.05. The average Bonchev–Trinajstić information content (AvgIpc) is 2.48. The maximum Gasteiger partial charge on any atom is 0.294 e. The second-order valence-corrected chi connectivity index (χ2v) is 4.09. The van der Waals surface area contributed by atoms with Crippen molar-refractivity contribution in [1.29, 1.82) is 0 Å². The van der Waals surface area contributed by atoms with Crippen molar-refractivity contribution in [3.05, 3.63) is 64.0 Å². The van der Waals surface area contributed by atoms with Crippen LogP contribution in [0.2, 0.25) is 0 Å². The standard InChI is InChI=1S/C13H11FN4O3/c14-9-2-4-10(5-3-9)16-13(19)8-1-6-11(17-15)12(7-8)18(20)21/h1-7,17H,15H2,(H,16,19). The van der Waals surface area contributed by atoms with Gasteiger partial charge in [0, 0.05) is 17.3 Å². The molecule has 0 aliphatic rings. The zero-order chi connectivity index (χ0) is 15.4. The van der Waals surface area contributed by atoms with Crippen LogP contribution in [-0.2, 0) is 0 Å². The van der Waals surface area contributed by atoms with E-state index in [9.17, 15) is 19.3 Å². The molecule has 21 heavy (non-hydrogen) atoms. The Bertz CT molecular complexity index is 688. The predicted octanol–water partition coefficient (Wildman–Crippen LogP) is 2.27. The Morgan fingerprint density at radius 1 is 1.19 bits per heavy atom. The molecule has 0 heterocycles. The van der Waals surface area contributed by atoms with E-state index in [1.165, 1.54) is 36.4 Å². The minimum atomic E-state index is -0.649. The minimum Gasteiger partial charge on any atom is -0.322 e. The highest BCUT2D eigenvalue weighted by atomic mass is 19.1. The third-order valence-corrected chi connectivity index (χ3v) is 2.71. The molecule has 0 radical (unpaired) electrons. The van der Waals surface area contributed by atoms with Crippen molar-refractivity contribution in [2.75, 3.05) is 10.7 Å². The van der Waals surface area contributed by atoms with Crippen LogP contribution in [0.1, 0.15) is 10.4 Å². The van der Waals surface area contributed by atoms with Crippen LogP contribution in [0.3, 0.4) is 0 Å². The number of carbonyl (C=O) groups excluding carboxylic acids is 1. The molecule has 0 aliphatic carbocycles. The van der Waals surface area contributed by atoms with Crippen molar-refractivity contribution < 1.29 is 14.1 Å². The van der Waals surface area contributed by atoms with Crippen LogP contribution in [0.4, 0.5) is 21.5 Å². The van der Waals surface area contributed by atoms with Crippen LogP contribution in [0.25, 0.3) is 0 Å². The first kappa shape index (κ1) is 14.4.